The number of carboxylic acids is 2. The van der Waals surface area contributed by atoms with E-state index in [-0.39, 0.29) is 36.0 Å². The number of carbonyl (C=O) groups is 4. The molecule has 0 radical (unpaired) electrons. The first-order chi connectivity index (χ1) is 26.6. The van der Waals surface area contributed by atoms with Gasteiger partial charge in [0.25, 0.3) is 0 Å². The van der Waals surface area contributed by atoms with Gasteiger partial charge in [-0.2, -0.15) is 0 Å². The highest BCUT2D eigenvalue weighted by molar-refractivity contribution is 5.70. The predicted molar refractivity (Wildman–Crippen MR) is 231 cm³/mol. The van der Waals surface area contributed by atoms with Crippen LogP contribution in [-0.2, 0) is 28.7 Å². The summed E-state index contributed by atoms with van der Waals surface area (Å²) in [6.45, 7) is 16.9. The van der Waals surface area contributed by atoms with Crippen molar-refractivity contribution in [1.82, 2.24) is 0 Å². The van der Waals surface area contributed by atoms with Crippen LogP contribution >= 0.6 is 0 Å². The average molecular weight is 805 g/mol. The summed E-state index contributed by atoms with van der Waals surface area (Å²) in [7, 11) is 0. The number of carboxylic acid groups (broad SMARTS) is 2. The number of hydrogen-bond acceptors (Lipinski definition) is 8. The maximum atomic E-state index is 11.8. The van der Waals surface area contributed by atoms with E-state index in [1.54, 1.807) is 13.8 Å². The van der Waals surface area contributed by atoms with Crippen LogP contribution in [0.2, 0.25) is 0 Å². The second kappa shape index (κ2) is 45.5. The van der Waals surface area contributed by atoms with Gasteiger partial charge in [-0.15, -0.1) is 0 Å². The lowest BCUT2D eigenvalue weighted by Gasteiger charge is -2.23. The minimum Gasteiger partial charge on any atom is -0.481 e. The molecule has 0 saturated carbocycles. The minimum absolute atomic E-state index is 0.0451. The van der Waals surface area contributed by atoms with Crippen LogP contribution in [0.25, 0.3) is 0 Å². The van der Waals surface area contributed by atoms with Gasteiger partial charge in [0.15, 0.2) is 0 Å². The molecule has 0 atom stereocenters. The van der Waals surface area contributed by atoms with Crippen molar-refractivity contribution in [2.45, 2.75) is 235 Å². The van der Waals surface area contributed by atoms with Crippen LogP contribution in [0.4, 0.5) is 0 Å². The van der Waals surface area contributed by atoms with Gasteiger partial charge in [0.1, 0.15) is 0 Å². The van der Waals surface area contributed by atoms with E-state index in [4.69, 9.17) is 29.9 Å². The quantitative estimate of drug-likeness (QED) is 0.0363. The Morgan fingerprint density at radius 3 is 0.821 bits per heavy atom. The maximum Gasteiger partial charge on any atom is 0.305 e. The highest BCUT2D eigenvalue weighted by Gasteiger charge is 2.22. The Labute approximate surface area is 344 Å². The van der Waals surface area contributed by atoms with Crippen molar-refractivity contribution in [3.8, 4) is 0 Å². The second-order valence-corrected chi connectivity index (χ2v) is 16.8. The third-order valence-corrected chi connectivity index (χ3v) is 9.06. The Bertz CT molecular complexity index is 806. The summed E-state index contributed by atoms with van der Waals surface area (Å²) in [5, 5.41) is 33.6. The number of ether oxygens (including phenoxy) is 2. The van der Waals surface area contributed by atoms with E-state index < -0.39 is 11.9 Å². The molecule has 0 aromatic rings. The van der Waals surface area contributed by atoms with Crippen LogP contribution in [0.5, 0.6) is 0 Å². The zero-order valence-corrected chi connectivity index (χ0v) is 37.9. The van der Waals surface area contributed by atoms with Crippen molar-refractivity contribution < 1.29 is 49.1 Å². The minimum atomic E-state index is -0.663. The lowest BCUT2D eigenvalue weighted by molar-refractivity contribution is -0.153. The van der Waals surface area contributed by atoms with Crippen LogP contribution in [0.3, 0.4) is 0 Å². The molecule has 0 aromatic heterocycles. The molecule has 10 nitrogen and oxygen atoms in total. The van der Waals surface area contributed by atoms with Crippen molar-refractivity contribution >= 4 is 23.9 Å². The van der Waals surface area contributed by atoms with Gasteiger partial charge in [-0.05, 0) is 25.7 Å². The molecule has 0 heterocycles. The summed E-state index contributed by atoms with van der Waals surface area (Å²) in [6.07, 6.45) is 29.4. The molecule has 0 unspecified atom stereocenters. The highest BCUT2D eigenvalue weighted by atomic mass is 16.5. The van der Waals surface area contributed by atoms with Gasteiger partial charge in [-0.1, -0.05) is 184 Å². The monoisotopic (exact) mass is 805 g/mol. The molecule has 0 aliphatic rings. The van der Waals surface area contributed by atoms with Crippen LogP contribution < -0.4 is 0 Å². The Kier molecular flexibility index (Phi) is 49.1. The van der Waals surface area contributed by atoms with Crippen molar-refractivity contribution in [2.75, 3.05) is 26.4 Å². The van der Waals surface area contributed by atoms with Crippen LogP contribution in [-0.4, -0.2) is 70.7 Å². The first kappa shape index (κ1) is 60.5. The van der Waals surface area contributed by atoms with Crippen molar-refractivity contribution in [3.63, 3.8) is 0 Å². The third-order valence-electron chi connectivity index (χ3n) is 9.06. The molecule has 0 fully saturated rings. The molecule has 0 amide bonds. The van der Waals surface area contributed by atoms with Gasteiger partial charge in [-0.25, -0.2) is 0 Å². The lowest BCUT2D eigenvalue weighted by Crippen LogP contribution is -2.28. The zero-order chi connectivity index (χ0) is 43.4. The molecule has 336 valence electrons. The summed E-state index contributed by atoms with van der Waals surface area (Å²) in [4.78, 5) is 43.8. The number of carbonyl (C=O) groups excluding carboxylic acids is 2. The largest absolute Gasteiger partial charge is 0.481 e. The number of aliphatic hydroxyl groups excluding tert-OH is 2. The van der Waals surface area contributed by atoms with Crippen molar-refractivity contribution in [2.24, 2.45) is 10.8 Å². The first-order valence-electron chi connectivity index (χ1n) is 22.5. The average Bonchev–Trinajstić information content (AvgIpc) is 3.16. The maximum absolute atomic E-state index is 11.8. The van der Waals surface area contributed by atoms with Gasteiger partial charge in [0, 0.05) is 36.5 Å². The third kappa shape index (κ3) is 58.5. The lowest BCUT2D eigenvalue weighted by atomic mass is 9.96. The summed E-state index contributed by atoms with van der Waals surface area (Å²) in [5.41, 5.74) is -0.643. The van der Waals surface area contributed by atoms with E-state index in [1.165, 1.54) is 103 Å². The molecule has 0 rings (SSSR count). The summed E-state index contributed by atoms with van der Waals surface area (Å²) in [6, 6.07) is 0. The molecule has 4 N–H and O–H groups in total. The summed E-state index contributed by atoms with van der Waals surface area (Å²) >= 11 is 0. The highest BCUT2D eigenvalue weighted by Crippen LogP contribution is 2.18. The normalized spacial score (nSPS) is 10.9. The summed E-state index contributed by atoms with van der Waals surface area (Å²) < 4.78 is 10.7. The van der Waals surface area contributed by atoms with E-state index in [0.29, 0.717) is 38.9 Å². The van der Waals surface area contributed by atoms with Gasteiger partial charge in [0.05, 0.1) is 26.4 Å². The molecule has 0 bridgehead atoms. The number of aliphatic carboxylic acids is 2. The Hall–Kier alpha value is -2.20. The van der Waals surface area contributed by atoms with Gasteiger partial charge < -0.3 is 29.9 Å². The summed E-state index contributed by atoms with van der Waals surface area (Å²) in [5.74, 6) is -1.62. The van der Waals surface area contributed by atoms with E-state index >= 15 is 0 Å². The molecule has 56 heavy (non-hydrogen) atoms. The molecule has 10 heteroatoms. The zero-order valence-electron chi connectivity index (χ0n) is 37.9. The number of aliphatic hydroxyl groups is 2. The molecular formula is C46H92O10. The molecule has 0 aliphatic heterocycles. The topological polar surface area (TPSA) is 168 Å². The number of rotatable bonds is 34. The van der Waals surface area contributed by atoms with Gasteiger partial charge in [-0.3, -0.25) is 19.2 Å². The van der Waals surface area contributed by atoms with Crippen LogP contribution in [0, 0.1) is 10.8 Å². The number of unbranched alkanes of at least 4 members (excludes halogenated alkanes) is 20. The molecule has 0 aromatic carbocycles. The fourth-order valence-electron chi connectivity index (χ4n) is 5.00. The molecule has 0 spiro atoms. The fourth-order valence-corrected chi connectivity index (χ4v) is 5.00. The van der Waals surface area contributed by atoms with Gasteiger partial charge >= 0.3 is 23.9 Å². The number of hydrogen-bond donors (Lipinski definition) is 4. The Balaban J connectivity index is -0.000000363. The van der Waals surface area contributed by atoms with Crippen molar-refractivity contribution in [1.29, 1.82) is 0 Å². The van der Waals surface area contributed by atoms with E-state index in [9.17, 15) is 19.2 Å². The molecule has 0 saturated heterocycles. The van der Waals surface area contributed by atoms with E-state index in [2.05, 4.69) is 27.7 Å². The standard InChI is InChI=1S/C21H40O4.2C10H20O2.C5H12O2/c1-5-7-9-11-13-15-19(22)24-17-21(3,4)18-25-20(23)16-14-12-10-8-6-2;2*1-2-3-4-5-6-7-8-9-10(11)12;1-5(2,3-6)4-7/h5-18H2,1-4H3;2*2-9H2,1H3,(H,11,12);6-7H,3-4H2,1-2H3. The SMILES string of the molecule is CC(C)(CO)CO.CCCCCCCC(=O)OCC(C)(C)COC(=O)CCCCCCC.CCCCCCCCCC(=O)O.CCCCCCCCCC(=O)O. The van der Waals surface area contributed by atoms with Gasteiger partial charge in [0.2, 0.25) is 0 Å². The number of esters is 2. The van der Waals surface area contributed by atoms with Crippen LogP contribution in [0.15, 0.2) is 0 Å². The fraction of sp³-hybridized carbons (Fsp3) is 0.913. The Morgan fingerprint density at radius 1 is 0.375 bits per heavy atom. The molecular weight excluding hydrogens is 712 g/mol. The first-order valence-corrected chi connectivity index (χ1v) is 22.5. The van der Waals surface area contributed by atoms with Crippen molar-refractivity contribution in [3.05, 3.63) is 0 Å². The van der Waals surface area contributed by atoms with E-state index in [1.807, 2.05) is 13.8 Å². The van der Waals surface area contributed by atoms with Crippen LogP contribution in [0.1, 0.15) is 235 Å². The Morgan fingerprint density at radius 2 is 0.607 bits per heavy atom. The smallest absolute Gasteiger partial charge is 0.305 e. The molecule has 0 aliphatic carbocycles. The predicted octanol–water partition coefficient (Wildman–Crippen LogP) is 12.2. The second-order valence-electron chi connectivity index (χ2n) is 16.8. The van der Waals surface area contributed by atoms with E-state index in [0.717, 1.165) is 51.4 Å².